The highest BCUT2D eigenvalue weighted by molar-refractivity contribution is 5.89. The number of fused-ring (bicyclic) bond motifs is 1. The third kappa shape index (κ3) is 4.45. The van der Waals surface area contributed by atoms with Crippen LogP contribution < -0.4 is 0 Å². The second-order valence-corrected chi connectivity index (χ2v) is 10.5. The van der Waals surface area contributed by atoms with Crippen LogP contribution in [0.2, 0.25) is 0 Å². The zero-order chi connectivity index (χ0) is 25.7. The minimum absolute atomic E-state index is 0.116. The summed E-state index contributed by atoms with van der Waals surface area (Å²) in [5, 5.41) is 0. The molecular weight excluding hydrogens is 473 g/mol. The van der Waals surface area contributed by atoms with Crippen molar-refractivity contribution in [2.75, 3.05) is 32.8 Å². The predicted octanol–water partition coefficient (Wildman–Crippen LogP) is 3.97. The van der Waals surface area contributed by atoms with E-state index >= 15 is 0 Å². The molecule has 2 unspecified atom stereocenters. The van der Waals surface area contributed by atoms with Crippen LogP contribution >= 0.6 is 0 Å². The Hall–Kier alpha value is -2.39. The molecule has 0 radical (unpaired) electrons. The number of amides is 1. The molecule has 0 aliphatic carbocycles. The molecule has 3 fully saturated rings. The molecule has 6 nitrogen and oxygen atoms in total. The number of ether oxygens (including phenoxy) is 2. The SMILES string of the molecule is C/C=C1\COCC[C@@H]1N1CCC2(CC1)OC(=O)C(C)C2C(=O)N1CCc2ccc(C(F)(F)F)cc2C1. The largest absolute Gasteiger partial charge is 0.458 e. The first-order valence-corrected chi connectivity index (χ1v) is 12.8. The van der Waals surface area contributed by atoms with Gasteiger partial charge >= 0.3 is 12.1 Å². The van der Waals surface area contributed by atoms with Crippen LogP contribution in [0, 0.1) is 11.8 Å². The molecule has 0 N–H and O–H groups in total. The Morgan fingerprint density at radius 3 is 2.61 bits per heavy atom. The standard InChI is InChI=1S/C27H33F3N2O4/c1-3-18-16-35-13-7-22(18)31-11-8-26(9-12-31)23(17(2)25(34)36-26)24(33)32-10-6-19-4-5-21(27(28,29)30)14-20(19)15-32/h3-5,14,17,22-23H,6-13,15-16H2,1-2H3/b18-3+/t17?,22-,23?/m0/s1. The average molecular weight is 507 g/mol. The van der Waals surface area contributed by atoms with Gasteiger partial charge in [0, 0.05) is 51.7 Å². The first-order valence-electron chi connectivity index (χ1n) is 12.8. The molecule has 3 atom stereocenters. The van der Waals surface area contributed by atoms with Gasteiger partial charge in [-0.15, -0.1) is 0 Å². The van der Waals surface area contributed by atoms with E-state index in [1.54, 1.807) is 11.8 Å². The molecule has 4 aliphatic rings. The molecule has 0 bridgehead atoms. The lowest BCUT2D eigenvalue weighted by Gasteiger charge is -2.46. The topological polar surface area (TPSA) is 59.1 Å². The monoisotopic (exact) mass is 506 g/mol. The summed E-state index contributed by atoms with van der Waals surface area (Å²) in [7, 11) is 0. The summed E-state index contributed by atoms with van der Waals surface area (Å²) < 4.78 is 51.3. The summed E-state index contributed by atoms with van der Waals surface area (Å²) in [4.78, 5) is 30.6. The Kier molecular flexibility index (Phi) is 6.66. The number of allylic oxidation sites excluding steroid dienone is 1. The van der Waals surface area contributed by atoms with Crippen LogP contribution in [0.15, 0.2) is 29.8 Å². The van der Waals surface area contributed by atoms with E-state index in [0.717, 1.165) is 24.1 Å². The van der Waals surface area contributed by atoms with Gasteiger partial charge in [0.2, 0.25) is 5.91 Å². The van der Waals surface area contributed by atoms with Gasteiger partial charge in [-0.25, -0.2) is 0 Å². The minimum Gasteiger partial charge on any atom is -0.458 e. The maximum absolute atomic E-state index is 13.8. The van der Waals surface area contributed by atoms with Crippen LogP contribution in [0.1, 0.15) is 49.8 Å². The fourth-order valence-electron chi connectivity index (χ4n) is 6.49. The Morgan fingerprint density at radius 2 is 1.92 bits per heavy atom. The Labute approximate surface area is 209 Å². The third-order valence-electron chi connectivity index (χ3n) is 8.55. The lowest BCUT2D eigenvalue weighted by atomic mass is 9.74. The van der Waals surface area contributed by atoms with E-state index in [1.165, 1.54) is 11.6 Å². The molecule has 36 heavy (non-hydrogen) atoms. The maximum Gasteiger partial charge on any atom is 0.416 e. The van der Waals surface area contributed by atoms with E-state index in [-0.39, 0.29) is 18.4 Å². The van der Waals surface area contributed by atoms with E-state index in [0.29, 0.717) is 63.7 Å². The van der Waals surface area contributed by atoms with Crippen molar-refractivity contribution in [2.45, 2.75) is 63.9 Å². The highest BCUT2D eigenvalue weighted by atomic mass is 19.4. The number of halogens is 3. The van der Waals surface area contributed by atoms with Gasteiger partial charge in [-0.1, -0.05) is 19.1 Å². The Bertz CT molecular complexity index is 1060. The molecule has 0 aromatic heterocycles. The van der Waals surface area contributed by atoms with Gasteiger partial charge in [-0.2, -0.15) is 13.2 Å². The van der Waals surface area contributed by atoms with Crippen molar-refractivity contribution in [3.63, 3.8) is 0 Å². The molecule has 9 heteroatoms. The number of hydrogen-bond acceptors (Lipinski definition) is 5. The van der Waals surface area contributed by atoms with Crippen LogP contribution in [-0.2, 0) is 38.2 Å². The summed E-state index contributed by atoms with van der Waals surface area (Å²) in [5.74, 6) is -1.76. The number of likely N-dealkylation sites (tertiary alicyclic amines) is 1. The summed E-state index contributed by atoms with van der Waals surface area (Å²) in [5.41, 5.74) is 1.04. The number of piperidine rings is 1. The first-order chi connectivity index (χ1) is 17.1. The molecule has 1 amide bonds. The van der Waals surface area contributed by atoms with Gasteiger partial charge < -0.3 is 14.4 Å². The van der Waals surface area contributed by atoms with E-state index in [1.807, 2.05) is 6.92 Å². The van der Waals surface area contributed by atoms with E-state index in [4.69, 9.17) is 9.47 Å². The van der Waals surface area contributed by atoms with Crippen LogP contribution in [0.3, 0.4) is 0 Å². The molecular formula is C27H33F3N2O4. The van der Waals surface area contributed by atoms with Crippen LogP contribution in [0.5, 0.6) is 0 Å². The van der Waals surface area contributed by atoms with Crippen LogP contribution in [0.4, 0.5) is 13.2 Å². The number of benzene rings is 1. The first kappa shape index (κ1) is 25.3. The molecule has 0 saturated carbocycles. The van der Waals surface area contributed by atoms with Gasteiger partial charge in [0.25, 0.3) is 0 Å². The van der Waals surface area contributed by atoms with E-state index in [9.17, 15) is 22.8 Å². The van der Waals surface area contributed by atoms with Crippen LogP contribution in [-0.4, -0.2) is 66.2 Å². The molecule has 1 spiro atoms. The van der Waals surface area contributed by atoms with Crippen molar-refractivity contribution in [3.05, 3.63) is 46.5 Å². The van der Waals surface area contributed by atoms with Gasteiger partial charge in [-0.05, 0) is 48.6 Å². The fraction of sp³-hybridized carbons (Fsp3) is 0.630. The number of carbonyl (C=O) groups excluding carboxylic acids is 2. The van der Waals surface area contributed by atoms with E-state index in [2.05, 4.69) is 11.0 Å². The number of esters is 1. The summed E-state index contributed by atoms with van der Waals surface area (Å²) in [6, 6.07) is 4.06. The number of alkyl halides is 3. The van der Waals surface area contributed by atoms with Gasteiger partial charge in [0.05, 0.1) is 24.0 Å². The van der Waals surface area contributed by atoms with Crippen molar-refractivity contribution < 1.29 is 32.2 Å². The quantitative estimate of drug-likeness (QED) is 0.449. The number of nitrogens with zero attached hydrogens (tertiary/aromatic N) is 2. The average Bonchev–Trinajstić information content (AvgIpc) is 3.11. The lowest BCUT2D eigenvalue weighted by molar-refractivity contribution is -0.158. The predicted molar refractivity (Wildman–Crippen MR) is 126 cm³/mol. The molecule has 1 aromatic rings. The van der Waals surface area contributed by atoms with Crippen molar-refractivity contribution >= 4 is 11.9 Å². The fourth-order valence-corrected chi connectivity index (χ4v) is 6.49. The second kappa shape index (κ2) is 9.49. The smallest absolute Gasteiger partial charge is 0.416 e. The van der Waals surface area contributed by atoms with Crippen molar-refractivity contribution in [1.82, 2.24) is 9.80 Å². The molecule has 4 aliphatic heterocycles. The highest BCUT2D eigenvalue weighted by Gasteiger charge is 2.59. The van der Waals surface area contributed by atoms with Gasteiger partial charge in [-0.3, -0.25) is 14.5 Å². The Balaban J connectivity index is 1.33. The molecule has 196 valence electrons. The maximum atomic E-state index is 13.8. The lowest BCUT2D eigenvalue weighted by Crippen LogP contribution is -2.56. The normalized spacial score (nSPS) is 29.9. The third-order valence-corrected chi connectivity index (χ3v) is 8.55. The molecule has 3 saturated heterocycles. The number of rotatable bonds is 2. The molecule has 5 rings (SSSR count). The molecule has 1 aromatic carbocycles. The zero-order valence-corrected chi connectivity index (χ0v) is 20.8. The molecule has 4 heterocycles. The second-order valence-electron chi connectivity index (χ2n) is 10.5. The van der Waals surface area contributed by atoms with Crippen molar-refractivity contribution in [1.29, 1.82) is 0 Å². The van der Waals surface area contributed by atoms with Crippen molar-refractivity contribution in [2.24, 2.45) is 11.8 Å². The Morgan fingerprint density at radius 1 is 1.17 bits per heavy atom. The van der Waals surface area contributed by atoms with Gasteiger partial charge in [0.1, 0.15) is 5.60 Å². The van der Waals surface area contributed by atoms with Crippen molar-refractivity contribution in [3.8, 4) is 0 Å². The number of carbonyl (C=O) groups is 2. The van der Waals surface area contributed by atoms with Crippen LogP contribution in [0.25, 0.3) is 0 Å². The summed E-state index contributed by atoms with van der Waals surface area (Å²) in [6.45, 7) is 7.06. The highest BCUT2D eigenvalue weighted by Crippen LogP contribution is 2.46. The zero-order valence-electron chi connectivity index (χ0n) is 20.8. The van der Waals surface area contributed by atoms with E-state index < -0.39 is 29.2 Å². The summed E-state index contributed by atoms with van der Waals surface area (Å²) >= 11 is 0. The minimum atomic E-state index is -4.43. The van der Waals surface area contributed by atoms with Gasteiger partial charge in [0.15, 0.2) is 0 Å². The number of hydrogen-bond donors (Lipinski definition) is 0. The summed E-state index contributed by atoms with van der Waals surface area (Å²) in [6.07, 6.45) is 0.213.